The van der Waals surface area contributed by atoms with Crippen molar-refractivity contribution in [3.8, 4) is 6.07 Å². The molecule has 1 rings (SSSR count). The van der Waals surface area contributed by atoms with E-state index in [0.717, 1.165) is 5.56 Å². The van der Waals surface area contributed by atoms with Crippen LogP contribution in [0.5, 0.6) is 0 Å². The maximum absolute atomic E-state index is 11.3. The third-order valence-corrected chi connectivity index (χ3v) is 2.93. The van der Waals surface area contributed by atoms with Crippen molar-refractivity contribution in [3.63, 3.8) is 0 Å². The van der Waals surface area contributed by atoms with E-state index in [-0.39, 0.29) is 0 Å². The van der Waals surface area contributed by atoms with Gasteiger partial charge in [0.25, 0.3) is 0 Å². The summed E-state index contributed by atoms with van der Waals surface area (Å²) in [4.78, 5) is 0. The van der Waals surface area contributed by atoms with Crippen LogP contribution in [-0.2, 0) is 16.6 Å². The fraction of sp³-hybridized carbons (Fsp3) is 0.300. The van der Waals surface area contributed by atoms with Crippen LogP contribution in [0.3, 0.4) is 0 Å². The largest absolute Gasteiger partial charge is 0.259 e. The Hall–Kier alpha value is -1.14. The highest BCUT2D eigenvalue weighted by molar-refractivity contribution is 7.84. The molecule has 68 valence electrons. The van der Waals surface area contributed by atoms with Gasteiger partial charge in [-0.15, -0.1) is 0 Å². The lowest BCUT2D eigenvalue weighted by Gasteiger charge is -1.98. The number of nitrogens with zero attached hydrogens (tertiary/aromatic N) is 1. The molecule has 0 saturated carbocycles. The van der Waals surface area contributed by atoms with Crippen LogP contribution < -0.4 is 0 Å². The van der Waals surface area contributed by atoms with Crippen molar-refractivity contribution < 1.29 is 4.21 Å². The van der Waals surface area contributed by atoms with Gasteiger partial charge < -0.3 is 0 Å². The minimum atomic E-state index is -0.893. The van der Waals surface area contributed by atoms with Crippen molar-refractivity contribution in [2.45, 2.75) is 12.2 Å². The second-order valence-corrected chi connectivity index (χ2v) is 4.26. The molecule has 0 aromatic heterocycles. The molecule has 0 aliphatic carbocycles. The van der Waals surface area contributed by atoms with Gasteiger partial charge in [-0.05, 0) is 5.56 Å². The first kappa shape index (κ1) is 9.94. The molecule has 0 saturated heterocycles. The van der Waals surface area contributed by atoms with Crippen LogP contribution >= 0.6 is 0 Å². The van der Waals surface area contributed by atoms with Gasteiger partial charge in [-0.1, -0.05) is 30.3 Å². The highest BCUT2D eigenvalue weighted by Crippen LogP contribution is 2.03. The Morgan fingerprint density at radius 2 is 2.00 bits per heavy atom. The topological polar surface area (TPSA) is 40.9 Å². The average molecular weight is 193 g/mol. The number of benzene rings is 1. The van der Waals surface area contributed by atoms with E-state index in [1.165, 1.54) is 0 Å². The van der Waals surface area contributed by atoms with E-state index < -0.39 is 10.8 Å². The molecule has 0 aliphatic heterocycles. The maximum Gasteiger partial charge on any atom is 0.0631 e. The highest BCUT2D eigenvalue weighted by Gasteiger charge is 1.99. The molecule has 1 atom stereocenters. The molecule has 0 heterocycles. The summed E-state index contributed by atoms with van der Waals surface area (Å²) in [7, 11) is -0.893. The summed E-state index contributed by atoms with van der Waals surface area (Å²) in [6, 6.07) is 11.7. The first-order chi connectivity index (χ1) is 6.33. The molecule has 0 radical (unpaired) electrons. The normalized spacial score (nSPS) is 11.9. The van der Waals surface area contributed by atoms with Gasteiger partial charge in [0.2, 0.25) is 0 Å². The zero-order chi connectivity index (χ0) is 9.52. The number of nitriles is 1. The molecule has 2 nitrogen and oxygen atoms in total. The third kappa shape index (κ3) is 3.86. The minimum Gasteiger partial charge on any atom is -0.259 e. The Bertz CT molecular complexity index is 315. The Morgan fingerprint density at radius 1 is 1.31 bits per heavy atom. The highest BCUT2D eigenvalue weighted by atomic mass is 32.2. The van der Waals surface area contributed by atoms with Crippen molar-refractivity contribution in [2.24, 2.45) is 0 Å². The van der Waals surface area contributed by atoms with Gasteiger partial charge in [-0.25, -0.2) is 0 Å². The molecule has 0 aliphatic rings. The van der Waals surface area contributed by atoms with E-state index in [2.05, 4.69) is 0 Å². The number of hydrogen-bond acceptors (Lipinski definition) is 2. The molecule has 13 heavy (non-hydrogen) atoms. The van der Waals surface area contributed by atoms with Gasteiger partial charge in [0.05, 0.1) is 6.07 Å². The summed E-state index contributed by atoms with van der Waals surface area (Å²) in [6.45, 7) is 0. The van der Waals surface area contributed by atoms with E-state index in [1.807, 2.05) is 36.4 Å². The zero-order valence-electron chi connectivity index (χ0n) is 7.27. The Balaban J connectivity index is 2.42. The van der Waals surface area contributed by atoms with Crippen LogP contribution in [0.25, 0.3) is 0 Å². The van der Waals surface area contributed by atoms with Crippen molar-refractivity contribution in [1.82, 2.24) is 0 Å². The molecule has 1 aromatic rings. The molecule has 1 unspecified atom stereocenters. The monoisotopic (exact) mass is 193 g/mol. The van der Waals surface area contributed by atoms with Gasteiger partial charge in [0, 0.05) is 28.7 Å². The smallest absolute Gasteiger partial charge is 0.0631 e. The van der Waals surface area contributed by atoms with Crippen LogP contribution in [0.15, 0.2) is 30.3 Å². The summed E-state index contributed by atoms with van der Waals surface area (Å²) in [5, 5.41) is 8.30. The molecular weight excluding hydrogens is 182 g/mol. The van der Waals surface area contributed by atoms with Crippen LogP contribution in [0.2, 0.25) is 0 Å². The lowest BCUT2D eigenvalue weighted by atomic mass is 10.2. The molecule has 0 fully saturated rings. The maximum atomic E-state index is 11.3. The fourth-order valence-electron chi connectivity index (χ4n) is 0.992. The van der Waals surface area contributed by atoms with E-state index in [9.17, 15) is 4.21 Å². The van der Waals surface area contributed by atoms with Crippen LogP contribution in [-0.4, -0.2) is 9.96 Å². The number of rotatable bonds is 4. The molecule has 1 aromatic carbocycles. The van der Waals surface area contributed by atoms with Crippen LogP contribution in [0.4, 0.5) is 0 Å². The van der Waals surface area contributed by atoms with Gasteiger partial charge in [0.1, 0.15) is 0 Å². The second-order valence-electron chi connectivity index (χ2n) is 2.68. The Kier molecular flexibility index (Phi) is 4.20. The quantitative estimate of drug-likeness (QED) is 0.732. The molecule has 0 spiro atoms. The second kappa shape index (κ2) is 5.50. The van der Waals surface area contributed by atoms with Crippen molar-refractivity contribution in [3.05, 3.63) is 35.9 Å². The predicted molar refractivity (Wildman–Crippen MR) is 53.4 cm³/mol. The molecule has 3 heteroatoms. The zero-order valence-corrected chi connectivity index (χ0v) is 8.09. The lowest BCUT2D eigenvalue weighted by Crippen LogP contribution is -1.99. The van der Waals surface area contributed by atoms with E-state index in [4.69, 9.17) is 5.26 Å². The third-order valence-electron chi connectivity index (χ3n) is 1.61. The van der Waals surface area contributed by atoms with Crippen LogP contribution in [0, 0.1) is 11.3 Å². The standard InChI is InChI=1S/C10H11NOS/c11-7-4-8-13(12)9-10-5-2-1-3-6-10/h1-3,5-6H,4,8-9H2. The fourth-order valence-corrected chi connectivity index (χ4v) is 2.02. The van der Waals surface area contributed by atoms with Gasteiger partial charge in [-0.2, -0.15) is 5.26 Å². The first-order valence-corrected chi connectivity index (χ1v) is 5.57. The summed E-state index contributed by atoms with van der Waals surface area (Å²) in [5.41, 5.74) is 1.07. The molecule has 0 bridgehead atoms. The molecule has 0 N–H and O–H groups in total. The van der Waals surface area contributed by atoms with E-state index >= 15 is 0 Å². The van der Waals surface area contributed by atoms with Gasteiger partial charge in [0.15, 0.2) is 0 Å². The van der Waals surface area contributed by atoms with Gasteiger partial charge in [-0.3, -0.25) is 4.21 Å². The summed E-state index contributed by atoms with van der Waals surface area (Å²) >= 11 is 0. The first-order valence-electron chi connectivity index (χ1n) is 4.09. The van der Waals surface area contributed by atoms with Crippen molar-refractivity contribution in [1.29, 1.82) is 5.26 Å². The Labute approximate surface area is 80.7 Å². The lowest BCUT2D eigenvalue weighted by molar-refractivity contribution is 0.682. The van der Waals surface area contributed by atoms with Crippen molar-refractivity contribution >= 4 is 10.8 Å². The molecule has 0 amide bonds. The average Bonchev–Trinajstić information content (AvgIpc) is 2.16. The van der Waals surface area contributed by atoms with Gasteiger partial charge >= 0.3 is 0 Å². The number of hydrogen-bond donors (Lipinski definition) is 0. The SMILES string of the molecule is N#CCCS(=O)Cc1ccccc1. The van der Waals surface area contributed by atoms with E-state index in [1.54, 1.807) is 0 Å². The minimum absolute atomic E-state index is 0.374. The molecular formula is C10H11NOS. The predicted octanol–water partition coefficient (Wildman–Crippen LogP) is 1.85. The summed E-state index contributed by atoms with van der Waals surface area (Å²) in [6.07, 6.45) is 0.374. The van der Waals surface area contributed by atoms with Crippen LogP contribution in [0.1, 0.15) is 12.0 Å². The summed E-state index contributed by atoms with van der Waals surface area (Å²) < 4.78 is 11.3. The van der Waals surface area contributed by atoms with Crippen molar-refractivity contribution in [2.75, 3.05) is 5.75 Å². The summed E-state index contributed by atoms with van der Waals surface area (Å²) in [5.74, 6) is 1.04. The Morgan fingerprint density at radius 3 is 2.62 bits per heavy atom. The van der Waals surface area contributed by atoms with E-state index in [0.29, 0.717) is 17.9 Å².